The number of nitrogens with zero attached hydrogens (tertiary/aromatic N) is 1. The van der Waals surface area contributed by atoms with E-state index in [0.717, 1.165) is 4.90 Å². The summed E-state index contributed by atoms with van der Waals surface area (Å²) in [5.74, 6) is -1.87. The van der Waals surface area contributed by atoms with Crippen molar-refractivity contribution in [2.45, 2.75) is 24.7 Å². The second-order valence-electron chi connectivity index (χ2n) is 4.55. The minimum Gasteiger partial charge on any atom is -0.480 e. The summed E-state index contributed by atoms with van der Waals surface area (Å²) in [6.45, 7) is -0.0697. The Kier molecular flexibility index (Phi) is 3.82. The molecule has 19 heavy (non-hydrogen) atoms. The zero-order valence-electron chi connectivity index (χ0n) is 10.1. The molecule has 102 valence electrons. The number of likely N-dealkylation sites (tertiary alicyclic amines) is 1. The highest BCUT2D eigenvalue weighted by atomic mass is 16.4. The maximum atomic E-state index is 12.1. The third-order valence-corrected chi connectivity index (χ3v) is 3.20. The van der Waals surface area contributed by atoms with Gasteiger partial charge >= 0.3 is 5.97 Å². The fraction of sp³-hybridized carbons (Fsp3) is 0.385. The van der Waals surface area contributed by atoms with Crippen LogP contribution in [-0.2, 0) is 9.59 Å². The van der Waals surface area contributed by atoms with Gasteiger partial charge in [-0.25, -0.2) is 4.79 Å². The first-order chi connectivity index (χ1) is 9.00. The number of carbonyl (C=O) groups is 2. The van der Waals surface area contributed by atoms with E-state index in [1.165, 1.54) is 0 Å². The van der Waals surface area contributed by atoms with E-state index in [0.29, 0.717) is 5.56 Å². The van der Waals surface area contributed by atoms with Gasteiger partial charge in [0.1, 0.15) is 6.04 Å². The van der Waals surface area contributed by atoms with Crippen LogP contribution >= 0.6 is 0 Å². The van der Waals surface area contributed by atoms with Gasteiger partial charge < -0.3 is 20.2 Å². The number of carboxylic acids is 1. The standard InChI is InChI=1S/C13H15NO5/c15-9-6-10(13(18)19)14(7-9)12(17)11(16)8-4-2-1-3-5-8/h1-5,9-11,15-16H,6-7H2,(H,18,19). The number of hydrogen-bond donors (Lipinski definition) is 3. The summed E-state index contributed by atoms with van der Waals surface area (Å²) in [6, 6.07) is 7.20. The predicted molar refractivity (Wildman–Crippen MR) is 65.2 cm³/mol. The quantitative estimate of drug-likeness (QED) is 0.701. The van der Waals surface area contributed by atoms with Gasteiger partial charge in [0.15, 0.2) is 6.10 Å². The monoisotopic (exact) mass is 265 g/mol. The van der Waals surface area contributed by atoms with E-state index in [-0.39, 0.29) is 13.0 Å². The summed E-state index contributed by atoms with van der Waals surface area (Å²) in [4.78, 5) is 24.2. The molecule has 3 N–H and O–H groups in total. The number of aliphatic hydroxyl groups excluding tert-OH is 2. The smallest absolute Gasteiger partial charge is 0.326 e. The number of aliphatic hydroxyl groups is 2. The lowest BCUT2D eigenvalue weighted by molar-refractivity contribution is -0.152. The molecule has 1 aromatic carbocycles. The SMILES string of the molecule is O=C(O)C1CC(O)CN1C(=O)C(O)c1ccccc1. The van der Waals surface area contributed by atoms with Crippen molar-refractivity contribution in [1.82, 2.24) is 4.90 Å². The molecule has 1 aliphatic heterocycles. The van der Waals surface area contributed by atoms with E-state index < -0.39 is 30.1 Å². The Labute approximate surface area is 109 Å². The van der Waals surface area contributed by atoms with Gasteiger partial charge in [0.25, 0.3) is 5.91 Å². The maximum Gasteiger partial charge on any atom is 0.326 e. The van der Waals surface area contributed by atoms with Gasteiger partial charge in [0.05, 0.1) is 6.10 Å². The predicted octanol–water partition coefficient (Wildman–Crippen LogP) is -0.234. The normalized spacial score (nSPS) is 24.2. The van der Waals surface area contributed by atoms with Gasteiger partial charge in [-0.05, 0) is 5.56 Å². The molecule has 1 aromatic rings. The molecule has 0 aliphatic carbocycles. The third-order valence-electron chi connectivity index (χ3n) is 3.20. The average Bonchev–Trinajstić information content (AvgIpc) is 2.80. The minimum absolute atomic E-state index is 0.0113. The fourth-order valence-corrected chi connectivity index (χ4v) is 2.23. The number of aliphatic carboxylic acids is 1. The average molecular weight is 265 g/mol. The molecule has 0 bridgehead atoms. The molecule has 1 heterocycles. The molecule has 0 aromatic heterocycles. The highest BCUT2D eigenvalue weighted by molar-refractivity contribution is 5.87. The molecule has 1 aliphatic rings. The lowest BCUT2D eigenvalue weighted by Gasteiger charge is -2.24. The lowest BCUT2D eigenvalue weighted by Crippen LogP contribution is -2.43. The first kappa shape index (κ1) is 13.5. The van der Waals surface area contributed by atoms with Crippen molar-refractivity contribution in [3.63, 3.8) is 0 Å². The van der Waals surface area contributed by atoms with Crippen LogP contribution in [0.4, 0.5) is 0 Å². The summed E-state index contributed by atoms with van der Waals surface area (Å²) >= 11 is 0. The Hall–Kier alpha value is -1.92. The third kappa shape index (κ3) is 2.74. The number of hydrogen-bond acceptors (Lipinski definition) is 4. The van der Waals surface area contributed by atoms with Crippen LogP contribution in [0, 0.1) is 0 Å². The van der Waals surface area contributed by atoms with Crippen LogP contribution in [0.15, 0.2) is 30.3 Å². The molecular formula is C13H15NO5. The van der Waals surface area contributed by atoms with E-state index in [4.69, 9.17) is 5.11 Å². The summed E-state index contributed by atoms with van der Waals surface area (Å²) in [5, 5.41) is 28.5. The molecular weight excluding hydrogens is 250 g/mol. The first-order valence-corrected chi connectivity index (χ1v) is 5.95. The van der Waals surface area contributed by atoms with Crippen LogP contribution in [0.1, 0.15) is 18.1 Å². The van der Waals surface area contributed by atoms with Gasteiger partial charge in [-0.15, -0.1) is 0 Å². The molecule has 3 unspecified atom stereocenters. The topological polar surface area (TPSA) is 98.1 Å². The Balaban J connectivity index is 2.17. The molecule has 1 saturated heterocycles. The van der Waals surface area contributed by atoms with Crippen molar-refractivity contribution in [3.8, 4) is 0 Å². The number of rotatable bonds is 3. The van der Waals surface area contributed by atoms with Crippen LogP contribution < -0.4 is 0 Å². The fourth-order valence-electron chi connectivity index (χ4n) is 2.23. The Morgan fingerprint density at radius 1 is 1.26 bits per heavy atom. The Morgan fingerprint density at radius 3 is 2.47 bits per heavy atom. The summed E-state index contributed by atoms with van der Waals surface area (Å²) in [6.07, 6.45) is -2.29. The number of β-amino-alcohol motifs (C(OH)–C–C–N with tert-alkyl or cyclic N) is 1. The number of carboxylic acid groups (broad SMARTS) is 1. The lowest BCUT2D eigenvalue weighted by atomic mass is 10.1. The minimum atomic E-state index is -1.41. The summed E-state index contributed by atoms with van der Waals surface area (Å²) in [5.41, 5.74) is 0.401. The van der Waals surface area contributed by atoms with Crippen molar-refractivity contribution in [2.75, 3.05) is 6.54 Å². The second-order valence-corrected chi connectivity index (χ2v) is 4.55. The highest BCUT2D eigenvalue weighted by Crippen LogP contribution is 2.23. The van der Waals surface area contributed by atoms with Crippen molar-refractivity contribution in [1.29, 1.82) is 0 Å². The molecule has 0 saturated carbocycles. The molecule has 6 heteroatoms. The van der Waals surface area contributed by atoms with Gasteiger partial charge in [0, 0.05) is 13.0 Å². The summed E-state index contributed by atoms with van der Waals surface area (Å²) < 4.78 is 0. The van der Waals surface area contributed by atoms with Crippen LogP contribution in [-0.4, -0.2) is 50.8 Å². The number of amides is 1. The van der Waals surface area contributed by atoms with Crippen molar-refractivity contribution >= 4 is 11.9 Å². The highest BCUT2D eigenvalue weighted by Gasteiger charge is 2.41. The van der Waals surface area contributed by atoms with Crippen molar-refractivity contribution in [3.05, 3.63) is 35.9 Å². The van der Waals surface area contributed by atoms with Gasteiger partial charge in [0.2, 0.25) is 0 Å². The maximum absolute atomic E-state index is 12.1. The molecule has 1 fully saturated rings. The van der Waals surface area contributed by atoms with Gasteiger partial charge in [-0.3, -0.25) is 4.79 Å². The van der Waals surface area contributed by atoms with E-state index in [9.17, 15) is 19.8 Å². The van der Waals surface area contributed by atoms with Crippen molar-refractivity contribution in [2.24, 2.45) is 0 Å². The number of carbonyl (C=O) groups excluding carboxylic acids is 1. The largest absolute Gasteiger partial charge is 0.480 e. The zero-order valence-corrected chi connectivity index (χ0v) is 10.1. The van der Waals surface area contributed by atoms with Gasteiger partial charge in [-0.1, -0.05) is 30.3 Å². The zero-order chi connectivity index (χ0) is 14.0. The van der Waals surface area contributed by atoms with E-state index >= 15 is 0 Å². The Bertz CT molecular complexity index is 475. The first-order valence-electron chi connectivity index (χ1n) is 5.95. The van der Waals surface area contributed by atoms with Gasteiger partial charge in [-0.2, -0.15) is 0 Å². The molecule has 0 spiro atoms. The van der Waals surface area contributed by atoms with E-state index in [1.54, 1.807) is 30.3 Å². The molecule has 2 rings (SSSR count). The van der Waals surface area contributed by atoms with Crippen molar-refractivity contribution < 1.29 is 24.9 Å². The van der Waals surface area contributed by atoms with Crippen LogP contribution in [0.2, 0.25) is 0 Å². The van der Waals surface area contributed by atoms with E-state index in [2.05, 4.69) is 0 Å². The molecule has 0 radical (unpaired) electrons. The summed E-state index contributed by atoms with van der Waals surface area (Å²) in [7, 11) is 0. The van der Waals surface area contributed by atoms with Crippen LogP contribution in [0.5, 0.6) is 0 Å². The molecule has 1 amide bonds. The van der Waals surface area contributed by atoms with Crippen LogP contribution in [0.3, 0.4) is 0 Å². The molecule has 3 atom stereocenters. The Morgan fingerprint density at radius 2 is 1.89 bits per heavy atom. The van der Waals surface area contributed by atoms with E-state index in [1.807, 2.05) is 0 Å². The van der Waals surface area contributed by atoms with Crippen LogP contribution in [0.25, 0.3) is 0 Å². The number of benzene rings is 1. The molecule has 6 nitrogen and oxygen atoms in total. The second kappa shape index (κ2) is 5.38.